The predicted molar refractivity (Wildman–Crippen MR) is 104 cm³/mol. The van der Waals surface area contributed by atoms with E-state index in [1.54, 1.807) is 15.6 Å². The van der Waals surface area contributed by atoms with Crippen molar-refractivity contribution in [3.63, 3.8) is 0 Å². The zero-order valence-corrected chi connectivity index (χ0v) is 15.2. The third kappa shape index (κ3) is 3.42. The van der Waals surface area contributed by atoms with Crippen LogP contribution in [0.25, 0.3) is 5.78 Å². The summed E-state index contributed by atoms with van der Waals surface area (Å²) in [5, 5.41) is 4.37. The topological polar surface area (TPSA) is 63.4 Å². The molecule has 134 valence electrons. The number of amides is 1. The third-order valence-electron chi connectivity index (χ3n) is 4.40. The van der Waals surface area contributed by atoms with Gasteiger partial charge in [-0.15, -0.1) is 5.10 Å². The second-order valence-electron chi connectivity index (χ2n) is 6.45. The smallest absolute Gasteiger partial charge is 0.298 e. The molecule has 0 aliphatic rings. The minimum atomic E-state index is -0.257. The minimum Gasteiger partial charge on any atom is -0.301 e. The fraction of sp³-hybridized carbons (Fsp3) is 0.143. The summed E-state index contributed by atoms with van der Waals surface area (Å²) in [6, 6.07) is 19.6. The first-order valence-electron chi connectivity index (χ1n) is 8.73. The predicted octanol–water partition coefficient (Wildman–Crippen LogP) is 3.59. The Labute approximate surface area is 157 Å². The van der Waals surface area contributed by atoms with Crippen molar-refractivity contribution in [3.8, 4) is 0 Å². The Hall–Kier alpha value is -3.54. The van der Waals surface area contributed by atoms with E-state index in [2.05, 4.69) is 15.1 Å². The maximum absolute atomic E-state index is 13.3. The van der Waals surface area contributed by atoms with Crippen LogP contribution in [0.4, 0.5) is 5.69 Å². The standard InChI is InChI=1S/C21H19N5O/c1-15-8-10-18(11-9-15)25(14-17-6-4-3-5-7-17)20(27)19-23-21-22-13-12-16(2)26(21)24-19/h3-13H,14H2,1-2H3. The number of carbonyl (C=O) groups is 1. The Morgan fingerprint density at radius 3 is 2.44 bits per heavy atom. The summed E-state index contributed by atoms with van der Waals surface area (Å²) in [5.74, 6) is 0.294. The zero-order chi connectivity index (χ0) is 18.8. The maximum Gasteiger partial charge on any atom is 0.298 e. The Kier molecular flexibility index (Phi) is 4.38. The second-order valence-corrected chi connectivity index (χ2v) is 6.45. The lowest BCUT2D eigenvalue weighted by molar-refractivity contribution is 0.0975. The fourth-order valence-electron chi connectivity index (χ4n) is 2.89. The molecule has 6 heteroatoms. The van der Waals surface area contributed by atoms with Gasteiger partial charge in [-0.3, -0.25) is 4.79 Å². The van der Waals surface area contributed by atoms with Crippen LogP contribution in [0, 0.1) is 13.8 Å². The fourth-order valence-corrected chi connectivity index (χ4v) is 2.89. The molecule has 4 aromatic rings. The molecule has 4 rings (SSSR count). The van der Waals surface area contributed by atoms with Gasteiger partial charge in [0.05, 0.1) is 6.54 Å². The summed E-state index contributed by atoms with van der Waals surface area (Å²) in [6.45, 7) is 4.36. The molecule has 0 saturated heterocycles. The number of aromatic nitrogens is 4. The zero-order valence-electron chi connectivity index (χ0n) is 15.2. The highest BCUT2D eigenvalue weighted by Crippen LogP contribution is 2.20. The monoisotopic (exact) mass is 357 g/mol. The summed E-state index contributed by atoms with van der Waals surface area (Å²) in [4.78, 5) is 23.5. The lowest BCUT2D eigenvalue weighted by Crippen LogP contribution is -2.31. The van der Waals surface area contributed by atoms with E-state index in [0.717, 1.165) is 22.5 Å². The van der Waals surface area contributed by atoms with Crippen LogP contribution in [-0.4, -0.2) is 25.5 Å². The van der Waals surface area contributed by atoms with Crippen LogP contribution < -0.4 is 4.90 Å². The van der Waals surface area contributed by atoms with Gasteiger partial charge < -0.3 is 4.90 Å². The van der Waals surface area contributed by atoms with E-state index < -0.39 is 0 Å². The van der Waals surface area contributed by atoms with Gasteiger partial charge in [0, 0.05) is 17.6 Å². The molecule has 0 unspecified atom stereocenters. The van der Waals surface area contributed by atoms with Crippen LogP contribution >= 0.6 is 0 Å². The van der Waals surface area contributed by atoms with Gasteiger partial charge in [0.15, 0.2) is 0 Å². The van der Waals surface area contributed by atoms with Crippen LogP contribution in [0.15, 0.2) is 66.9 Å². The van der Waals surface area contributed by atoms with E-state index in [1.807, 2.05) is 74.5 Å². The molecule has 0 fully saturated rings. The highest BCUT2D eigenvalue weighted by atomic mass is 16.2. The van der Waals surface area contributed by atoms with Crippen molar-refractivity contribution >= 4 is 17.4 Å². The first-order valence-corrected chi connectivity index (χ1v) is 8.73. The summed E-state index contributed by atoms with van der Waals surface area (Å²) >= 11 is 0. The van der Waals surface area contributed by atoms with E-state index >= 15 is 0 Å². The molecule has 2 aromatic heterocycles. The lowest BCUT2D eigenvalue weighted by Gasteiger charge is -2.22. The van der Waals surface area contributed by atoms with Crippen molar-refractivity contribution in [2.24, 2.45) is 0 Å². The number of anilines is 1. The average molecular weight is 357 g/mol. The molecule has 0 aliphatic heterocycles. The number of carbonyl (C=O) groups excluding carboxylic acids is 1. The summed E-state index contributed by atoms with van der Waals surface area (Å²) in [7, 11) is 0. The van der Waals surface area contributed by atoms with Crippen LogP contribution in [0.3, 0.4) is 0 Å². The molecule has 0 bridgehead atoms. The summed E-state index contributed by atoms with van der Waals surface area (Å²) in [6.07, 6.45) is 1.66. The Balaban J connectivity index is 1.75. The summed E-state index contributed by atoms with van der Waals surface area (Å²) < 4.78 is 1.59. The van der Waals surface area contributed by atoms with Crippen LogP contribution in [0.5, 0.6) is 0 Å². The number of fused-ring (bicyclic) bond motifs is 1. The summed E-state index contributed by atoms with van der Waals surface area (Å²) in [5.41, 5.74) is 3.84. The molecule has 0 atom stereocenters. The lowest BCUT2D eigenvalue weighted by atomic mass is 10.1. The Morgan fingerprint density at radius 1 is 1.00 bits per heavy atom. The first-order chi connectivity index (χ1) is 13.1. The van der Waals surface area contributed by atoms with E-state index in [4.69, 9.17) is 0 Å². The van der Waals surface area contributed by atoms with Crippen molar-refractivity contribution in [3.05, 3.63) is 89.5 Å². The number of nitrogens with zero attached hydrogens (tertiary/aromatic N) is 5. The van der Waals surface area contributed by atoms with Crippen molar-refractivity contribution in [1.82, 2.24) is 19.6 Å². The van der Waals surface area contributed by atoms with Crippen molar-refractivity contribution in [2.45, 2.75) is 20.4 Å². The first kappa shape index (κ1) is 16.9. The van der Waals surface area contributed by atoms with Crippen molar-refractivity contribution < 1.29 is 4.79 Å². The third-order valence-corrected chi connectivity index (χ3v) is 4.40. The van der Waals surface area contributed by atoms with Gasteiger partial charge in [-0.2, -0.15) is 4.98 Å². The van der Waals surface area contributed by atoms with E-state index in [9.17, 15) is 4.79 Å². The van der Waals surface area contributed by atoms with E-state index in [0.29, 0.717) is 12.3 Å². The van der Waals surface area contributed by atoms with Gasteiger partial charge in [-0.05, 0) is 37.6 Å². The molecule has 6 nitrogen and oxygen atoms in total. The normalized spacial score (nSPS) is 10.9. The molecule has 0 N–H and O–H groups in total. The highest BCUT2D eigenvalue weighted by molar-refractivity contribution is 6.03. The van der Waals surface area contributed by atoms with E-state index in [-0.39, 0.29) is 11.7 Å². The average Bonchev–Trinajstić information content (AvgIpc) is 3.13. The molecule has 1 amide bonds. The van der Waals surface area contributed by atoms with Crippen LogP contribution in [0.2, 0.25) is 0 Å². The number of hydrogen-bond acceptors (Lipinski definition) is 4. The molecule has 0 radical (unpaired) electrons. The second kappa shape index (κ2) is 6.99. The van der Waals surface area contributed by atoms with E-state index in [1.165, 1.54) is 0 Å². The number of rotatable bonds is 4. The Bertz CT molecular complexity index is 1090. The van der Waals surface area contributed by atoms with Crippen LogP contribution in [-0.2, 0) is 6.54 Å². The number of hydrogen-bond donors (Lipinski definition) is 0. The van der Waals surface area contributed by atoms with Crippen molar-refractivity contribution in [1.29, 1.82) is 0 Å². The molecule has 0 saturated carbocycles. The highest BCUT2D eigenvalue weighted by Gasteiger charge is 2.23. The molecule has 0 aliphatic carbocycles. The maximum atomic E-state index is 13.3. The van der Waals surface area contributed by atoms with Gasteiger partial charge in [0.2, 0.25) is 5.82 Å². The molecule has 27 heavy (non-hydrogen) atoms. The number of benzene rings is 2. The van der Waals surface area contributed by atoms with Crippen LogP contribution in [0.1, 0.15) is 27.4 Å². The molecular weight excluding hydrogens is 338 g/mol. The van der Waals surface area contributed by atoms with Gasteiger partial charge in [-0.25, -0.2) is 9.50 Å². The molecule has 2 aromatic carbocycles. The van der Waals surface area contributed by atoms with Gasteiger partial charge in [-0.1, -0.05) is 48.0 Å². The molecule has 2 heterocycles. The largest absolute Gasteiger partial charge is 0.301 e. The van der Waals surface area contributed by atoms with Gasteiger partial charge in [0.1, 0.15) is 0 Å². The minimum absolute atomic E-state index is 0.133. The number of aryl methyl sites for hydroxylation is 2. The molecule has 0 spiro atoms. The quantitative estimate of drug-likeness (QED) is 0.560. The molecular formula is C21H19N5O. The van der Waals surface area contributed by atoms with Gasteiger partial charge >= 0.3 is 0 Å². The van der Waals surface area contributed by atoms with Crippen molar-refractivity contribution in [2.75, 3.05) is 4.90 Å². The SMILES string of the molecule is Cc1ccc(N(Cc2ccccc2)C(=O)c2nc3nccc(C)n3n2)cc1. The Morgan fingerprint density at radius 2 is 1.74 bits per heavy atom. The van der Waals surface area contributed by atoms with Gasteiger partial charge in [0.25, 0.3) is 11.7 Å².